The van der Waals surface area contributed by atoms with Gasteiger partial charge in [0.05, 0.1) is 22.8 Å². The number of hydrogen-bond acceptors (Lipinski definition) is 8. The number of rotatable bonds is 7. The predicted molar refractivity (Wildman–Crippen MR) is 92.3 cm³/mol. The zero-order chi connectivity index (χ0) is 19.1. The molecule has 136 valence electrons. The van der Waals surface area contributed by atoms with E-state index in [1.54, 1.807) is 19.1 Å². The molecule has 0 saturated carbocycles. The van der Waals surface area contributed by atoms with Gasteiger partial charge in [-0.1, -0.05) is 23.5 Å². The van der Waals surface area contributed by atoms with Crippen LogP contribution in [0, 0.1) is 10.1 Å². The number of thiophene rings is 1. The molecule has 0 aliphatic heterocycles. The summed E-state index contributed by atoms with van der Waals surface area (Å²) in [6, 6.07) is 8.66. The maximum Gasteiger partial charge on any atom is 0.349 e. The summed E-state index contributed by atoms with van der Waals surface area (Å²) in [7, 11) is 0. The molecule has 0 unspecified atom stereocenters. The first-order chi connectivity index (χ1) is 12.4. The van der Waals surface area contributed by atoms with Gasteiger partial charge in [0, 0.05) is 6.07 Å². The third-order valence-electron chi connectivity index (χ3n) is 3.00. The van der Waals surface area contributed by atoms with Crippen molar-refractivity contribution in [1.29, 1.82) is 0 Å². The number of carbonyl (C=O) groups is 3. The minimum atomic E-state index is -0.850. The third-order valence-corrected chi connectivity index (χ3v) is 4.02. The number of carbonyl (C=O) groups excluding carboxylic acids is 3. The van der Waals surface area contributed by atoms with Crippen LogP contribution in [0.4, 0.5) is 10.7 Å². The van der Waals surface area contributed by atoms with E-state index in [9.17, 15) is 24.5 Å². The van der Waals surface area contributed by atoms with Gasteiger partial charge in [0.2, 0.25) is 0 Å². The number of benzene rings is 1. The van der Waals surface area contributed by atoms with Gasteiger partial charge in [0.15, 0.2) is 6.61 Å². The lowest BCUT2D eigenvalue weighted by molar-refractivity contribution is -0.380. The maximum absolute atomic E-state index is 11.9. The Bertz CT molecular complexity index is 847. The highest BCUT2D eigenvalue weighted by atomic mass is 32.1. The van der Waals surface area contributed by atoms with Crippen LogP contribution in [0.15, 0.2) is 36.4 Å². The quantitative estimate of drug-likeness (QED) is 0.446. The van der Waals surface area contributed by atoms with E-state index in [2.05, 4.69) is 5.32 Å². The van der Waals surface area contributed by atoms with Crippen molar-refractivity contribution in [2.24, 2.45) is 0 Å². The maximum atomic E-state index is 11.9. The van der Waals surface area contributed by atoms with Crippen LogP contribution in [0.25, 0.3) is 0 Å². The summed E-state index contributed by atoms with van der Waals surface area (Å²) in [6.07, 6.45) is 0. The van der Waals surface area contributed by atoms with E-state index in [0.717, 1.165) is 0 Å². The van der Waals surface area contributed by atoms with Gasteiger partial charge in [-0.05, 0) is 25.1 Å². The fraction of sp³-hybridized carbons (Fsp3) is 0.188. The number of nitrogens with one attached hydrogen (secondary N) is 1. The average molecular weight is 378 g/mol. The van der Waals surface area contributed by atoms with Gasteiger partial charge < -0.3 is 14.8 Å². The predicted octanol–water partition coefficient (Wildman–Crippen LogP) is 2.63. The molecule has 9 nitrogen and oxygen atoms in total. The van der Waals surface area contributed by atoms with E-state index in [1.165, 1.54) is 24.3 Å². The normalized spacial score (nSPS) is 10.0. The molecular formula is C16H14N2O7S. The van der Waals surface area contributed by atoms with Crippen LogP contribution in [-0.4, -0.2) is 36.0 Å². The molecule has 1 amide bonds. The van der Waals surface area contributed by atoms with Gasteiger partial charge in [0.1, 0.15) is 4.88 Å². The van der Waals surface area contributed by atoms with E-state index in [0.29, 0.717) is 11.3 Å². The molecule has 10 heteroatoms. The van der Waals surface area contributed by atoms with E-state index in [4.69, 9.17) is 9.47 Å². The fourth-order valence-corrected chi connectivity index (χ4v) is 2.62. The van der Waals surface area contributed by atoms with Crippen LogP contribution >= 0.6 is 11.3 Å². The second kappa shape index (κ2) is 8.72. The molecule has 0 spiro atoms. The second-order valence-electron chi connectivity index (χ2n) is 4.79. The first-order valence-corrected chi connectivity index (χ1v) is 8.21. The van der Waals surface area contributed by atoms with Crippen molar-refractivity contribution in [3.63, 3.8) is 0 Å². The van der Waals surface area contributed by atoms with Crippen LogP contribution in [0.3, 0.4) is 0 Å². The van der Waals surface area contributed by atoms with Crippen molar-refractivity contribution in [3.8, 4) is 0 Å². The van der Waals surface area contributed by atoms with Crippen molar-refractivity contribution in [2.75, 3.05) is 18.5 Å². The molecule has 2 aromatic rings. The summed E-state index contributed by atoms with van der Waals surface area (Å²) in [5, 5.41) is 12.9. The zero-order valence-corrected chi connectivity index (χ0v) is 14.4. The van der Waals surface area contributed by atoms with Crippen LogP contribution in [0.2, 0.25) is 0 Å². The first kappa shape index (κ1) is 19.1. The molecule has 0 aliphatic rings. The minimum Gasteiger partial charge on any atom is -0.462 e. The molecule has 0 atom stereocenters. The van der Waals surface area contributed by atoms with E-state index in [-0.39, 0.29) is 27.7 Å². The smallest absolute Gasteiger partial charge is 0.349 e. The van der Waals surface area contributed by atoms with Gasteiger partial charge >= 0.3 is 16.9 Å². The van der Waals surface area contributed by atoms with Gasteiger partial charge in [0.25, 0.3) is 5.91 Å². The molecule has 1 aromatic carbocycles. The third kappa shape index (κ3) is 4.86. The largest absolute Gasteiger partial charge is 0.462 e. The molecule has 26 heavy (non-hydrogen) atoms. The molecule has 1 N–H and O–H groups in total. The monoisotopic (exact) mass is 378 g/mol. The van der Waals surface area contributed by atoms with Crippen LogP contribution in [0.5, 0.6) is 0 Å². The van der Waals surface area contributed by atoms with E-state index < -0.39 is 29.4 Å². The fourth-order valence-electron chi connectivity index (χ4n) is 1.90. The summed E-state index contributed by atoms with van der Waals surface area (Å²) in [5.74, 6) is -2.11. The Hall–Kier alpha value is -3.27. The SMILES string of the molecule is CCOC(=O)c1ccccc1NC(=O)COC(=O)c1ccc([N+](=O)[O-])s1. The molecular weight excluding hydrogens is 364 g/mol. The number of hydrogen-bond donors (Lipinski definition) is 1. The minimum absolute atomic E-state index is 0.0106. The van der Waals surface area contributed by atoms with Crippen LogP contribution < -0.4 is 5.32 Å². The van der Waals surface area contributed by atoms with Crippen LogP contribution in [0.1, 0.15) is 27.0 Å². The van der Waals surface area contributed by atoms with E-state index >= 15 is 0 Å². The van der Waals surface area contributed by atoms with Gasteiger partial charge in [-0.2, -0.15) is 0 Å². The first-order valence-electron chi connectivity index (χ1n) is 7.39. The molecule has 0 fully saturated rings. The number of ether oxygens (including phenoxy) is 2. The summed E-state index contributed by atoms with van der Waals surface area (Å²) in [6.45, 7) is 1.24. The Balaban J connectivity index is 1.95. The number of esters is 2. The van der Waals surface area contributed by atoms with Crippen molar-refractivity contribution in [2.45, 2.75) is 6.92 Å². The molecule has 2 rings (SSSR count). The average Bonchev–Trinajstić information content (AvgIpc) is 3.11. The summed E-state index contributed by atoms with van der Waals surface area (Å²) < 4.78 is 9.72. The Kier molecular flexibility index (Phi) is 6.39. The topological polar surface area (TPSA) is 125 Å². The molecule has 1 heterocycles. The molecule has 0 aliphatic carbocycles. The standard InChI is InChI=1S/C16H14N2O7S/c1-2-24-15(20)10-5-3-4-6-11(10)17-13(19)9-25-16(21)12-7-8-14(26-12)18(22)23/h3-8H,2,9H2,1H3,(H,17,19). The highest BCUT2D eigenvalue weighted by molar-refractivity contribution is 7.17. The Morgan fingerprint density at radius 2 is 1.85 bits per heavy atom. The Labute approximate surface area is 151 Å². The molecule has 0 saturated heterocycles. The van der Waals surface area contributed by atoms with Crippen molar-refractivity contribution < 1.29 is 28.8 Å². The summed E-state index contributed by atoms with van der Waals surface area (Å²) in [4.78, 5) is 45.6. The van der Waals surface area contributed by atoms with Gasteiger partial charge in [-0.15, -0.1) is 0 Å². The number of nitro groups is 1. The molecule has 0 bridgehead atoms. The Morgan fingerprint density at radius 3 is 2.50 bits per heavy atom. The highest BCUT2D eigenvalue weighted by Crippen LogP contribution is 2.24. The molecule has 0 radical (unpaired) electrons. The summed E-state index contributed by atoms with van der Waals surface area (Å²) >= 11 is 0.650. The number of nitrogens with zero attached hydrogens (tertiary/aromatic N) is 1. The number of para-hydroxylation sites is 1. The summed E-state index contributed by atoms with van der Waals surface area (Å²) in [5.41, 5.74) is 0.390. The number of amides is 1. The lowest BCUT2D eigenvalue weighted by Crippen LogP contribution is -2.22. The van der Waals surface area contributed by atoms with Crippen molar-refractivity contribution in [3.05, 3.63) is 57.0 Å². The van der Waals surface area contributed by atoms with Gasteiger partial charge in [-0.25, -0.2) is 9.59 Å². The van der Waals surface area contributed by atoms with Gasteiger partial charge in [-0.3, -0.25) is 14.9 Å². The van der Waals surface area contributed by atoms with Crippen LogP contribution in [-0.2, 0) is 14.3 Å². The number of anilines is 1. The zero-order valence-electron chi connectivity index (χ0n) is 13.6. The van der Waals surface area contributed by atoms with Crippen molar-refractivity contribution in [1.82, 2.24) is 0 Å². The Morgan fingerprint density at radius 1 is 1.12 bits per heavy atom. The molecule has 1 aromatic heterocycles. The lowest BCUT2D eigenvalue weighted by atomic mass is 10.2. The highest BCUT2D eigenvalue weighted by Gasteiger charge is 2.18. The lowest BCUT2D eigenvalue weighted by Gasteiger charge is -2.10. The van der Waals surface area contributed by atoms with E-state index in [1.807, 2.05) is 0 Å². The second-order valence-corrected chi connectivity index (χ2v) is 5.85. The van der Waals surface area contributed by atoms with Crippen molar-refractivity contribution >= 4 is 39.9 Å².